The molecule has 1 saturated heterocycles. The van der Waals surface area contributed by atoms with Crippen LogP contribution >= 0.6 is 0 Å². The van der Waals surface area contributed by atoms with Crippen molar-refractivity contribution in [3.8, 4) is 0 Å². The molecule has 0 aromatic heterocycles. The van der Waals surface area contributed by atoms with Crippen LogP contribution in [0, 0.1) is 17.8 Å². The largest absolute Gasteiger partial charge is 0.310 e. The highest BCUT2D eigenvalue weighted by atomic mass is 15.2. The van der Waals surface area contributed by atoms with Crippen molar-refractivity contribution in [3.63, 3.8) is 0 Å². The summed E-state index contributed by atoms with van der Waals surface area (Å²) in [6.45, 7) is 8.65. The van der Waals surface area contributed by atoms with E-state index >= 15 is 0 Å². The van der Waals surface area contributed by atoms with E-state index in [1.807, 2.05) is 0 Å². The average molecular weight is 276 g/mol. The van der Waals surface area contributed by atoms with Gasteiger partial charge in [-0.15, -0.1) is 0 Å². The van der Waals surface area contributed by atoms with E-state index in [4.69, 9.17) is 0 Å². The minimum absolute atomic E-state index is 0.347. The molecule has 5 fully saturated rings. The maximum absolute atomic E-state index is 3.83. The van der Waals surface area contributed by atoms with Crippen LogP contribution in [-0.4, -0.2) is 35.6 Å². The Morgan fingerprint density at radius 3 is 2.20 bits per heavy atom. The van der Waals surface area contributed by atoms with Crippen molar-refractivity contribution >= 4 is 0 Å². The maximum Gasteiger partial charge on any atom is 0.0278 e. The van der Waals surface area contributed by atoms with Crippen molar-refractivity contribution in [3.05, 3.63) is 0 Å². The van der Waals surface area contributed by atoms with Gasteiger partial charge in [-0.25, -0.2) is 0 Å². The number of hydrogen-bond acceptors (Lipinski definition) is 2. The molecule has 0 aromatic rings. The Kier molecular flexibility index (Phi) is 3.20. The molecule has 20 heavy (non-hydrogen) atoms. The third kappa shape index (κ3) is 2.14. The zero-order chi connectivity index (χ0) is 13.8. The third-order valence-corrected chi connectivity index (χ3v) is 7.15. The molecule has 1 aliphatic heterocycles. The Labute approximate surface area is 124 Å². The van der Waals surface area contributed by atoms with Crippen molar-refractivity contribution in [1.82, 2.24) is 10.2 Å². The van der Waals surface area contributed by atoms with Crippen LogP contribution in [0.4, 0.5) is 0 Å². The molecule has 4 bridgehead atoms. The van der Waals surface area contributed by atoms with E-state index in [-0.39, 0.29) is 0 Å². The van der Waals surface area contributed by atoms with E-state index in [1.54, 1.807) is 19.3 Å². The number of nitrogens with zero attached hydrogens (tertiary/aromatic N) is 1. The van der Waals surface area contributed by atoms with Gasteiger partial charge in [0.1, 0.15) is 0 Å². The van der Waals surface area contributed by atoms with E-state index in [0.29, 0.717) is 11.1 Å². The van der Waals surface area contributed by atoms with Gasteiger partial charge in [0, 0.05) is 17.6 Å². The molecule has 1 atom stereocenters. The fraction of sp³-hybridized carbons (Fsp3) is 1.00. The summed E-state index contributed by atoms with van der Waals surface area (Å²) >= 11 is 0. The maximum atomic E-state index is 3.83. The fourth-order valence-corrected chi connectivity index (χ4v) is 6.31. The standard InChI is InChI=1S/C18H32N2/c1-3-17(2)13-20(6-4-5-19-17)18-10-14-7-15(11-18)9-16(8-14)12-18/h14-16,19H,3-13H2,1-2H3. The monoisotopic (exact) mass is 276 g/mol. The van der Waals surface area contributed by atoms with Crippen LogP contribution in [0.3, 0.4) is 0 Å². The van der Waals surface area contributed by atoms with Gasteiger partial charge in [0.15, 0.2) is 0 Å². The van der Waals surface area contributed by atoms with Crippen LogP contribution < -0.4 is 5.32 Å². The summed E-state index contributed by atoms with van der Waals surface area (Å²) < 4.78 is 0. The van der Waals surface area contributed by atoms with Crippen molar-refractivity contribution in [2.75, 3.05) is 19.6 Å². The Morgan fingerprint density at radius 1 is 1.05 bits per heavy atom. The van der Waals surface area contributed by atoms with Crippen molar-refractivity contribution in [2.24, 2.45) is 17.8 Å². The lowest BCUT2D eigenvalue weighted by atomic mass is 9.52. The third-order valence-electron chi connectivity index (χ3n) is 7.15. The van der Waals surface area contributed by atoms with Gasteiger partial charge in [0.05, 0.1) is 0 Å². The zero-order valence-electron chi connectivity index (χ0n) is 13.5. The van der Waals surface area contributed by atoms with Crippen LogP contribution in [0.2, 0.25) is 0 Å². The molecule has 5 rings (SSSR count). The second-order valence-corrected chi connectivity index (χ2v) is 8.76. The Balaban J connectivity index is 1.59. The summed E-state index contributed by atoms with van der Waals surface area (Å²) in [5.41, 5.74) is 0.955. The summed E-state index contributed by atoms with van der Waals surface area (Å²) in [6, 6.07) is 0. The molecular weight excluding hydrogens is 244 g/mol. The molecule has 1 unspecified atom stereocenters. The van der Waals surface area contributed by atoms with Gasteiger partial charge in [-0.1, -0.05) is 6.92 Å². The normalized spacial score (nSPS) is 52.2. The second-order valence-electron chi connectivity index (χ2n) is 8.76. The van der Waals surface area contributed by atoms with E-state index < -0.39 is 0 Å². The van der Waals surface area contributed by atoms with Gasteiger partial charge in [0.2, 0.25) is 0 Å². The van der Waals surface area contributed by atoms with Gasteiger partial charge >= 0.3 is 0 Å². The Hall–Kier alpha value is -0.0800. The molecular formula is C18H32N2. The summed E-state index contributed by atoms with van der Waals surface area (Å²) in [4.78, 5) is 2.96. The quantitative estimate of drug-likeness (QED) is 0.831. The molecule has 5 aliphatic rings. The van der Waals surface area contributed by atoms with E-state index in [1.165, 1.54) is 51.7 Å². The topological polar surface area (TPSA) is 15.3 Å². The Bertz CT molecular complexity index is 342. The van der Waals surface area contributed by atoms with Gasteiger partial charge in [-0.05, 0) is 89.1 Å². The molecule has 4 aliphatic carbocycles. The number of nitrogens with one attached hydrogen (secondary N) is 1. The molecule has 0 aromatic carbocycles. The molecule has 2 heteroatoms. The fourth-order valence-electron chi connectivity index (χ4n) is 6.31. The lowest BCUT2D eigenvalue weighted by Gasteiger charge is -2.61. The van der Waals surface area contributed by atoms with Gasteiger partial charge in [-0.3, -0.25) is 4.90 Å². The van der Waals surface area contributed by atoms with Crippen LogP contribution in [0.1, 0.15) is 65.2 Å². The molecule has 4 saturated carbocycles. The van der Waals surface area contributed by atoms with Gasteiger partial charge < -0.3 is 5.32 Å². The van der Waals surface area contributed by atoms with Gasteiger partial charge in [0.25, 0.3) is 0 Å². The summed E-state index contributed by atoms with van der Waals surface area (Å²) in [6.07, 6.45) is 11.9. The molecule has 1 heterocycles. The van der Waals surface area contributed by atoms with Crippen molar-refractivity contribution < 1.29 is 0 Å². The minimum atomic E-state index is 0.347. The lowest BCUT2D eigenvalue weighted by Crippen LogP contribution is -2.63. The molecule has 0 spiro atoms. The first kappa shape index (κ1) is 13.6. The van der Waals surface area contributed by atoms with Gasteiger partial charge in [-0.2, -0.15) is 0 Å². The van der Waals surface area contributed by atoms with Crippen LogP contribution in [0.5, 0.6) is 0 Å². The first-order chi connectivity index (χ1) is 9.61. The van der Waals surface area contributed by atoms with Crippen molar-refractivity contribution in [2.45, 2.75) is 76.3 Å². The minimum Gasteiger partial charge on any atom is -0.310 e. The molecule has 2 nitrogen and oxygen atoms in total. The molecule has 0 amide bonds. The average Bonchev–Trinajstić information content (AvgIpc) is 2.60. The number of hydrogen-bond donors (Lipinski definition) is 1. The molecule has 0 radical (unpaired) electrons. The summed E-state index contributed by atoms with van der Waals surface area (Å²) in [5, 5.41) is 3.83. The van der Waals surface area contributed by atoms with Crippen LogP contribution in [0.25, 0.3) is 0 Å². The molecule has 114 valence electrons. The predicted octanol–water partition coefficient (Wildman–Crippen LogP) is 3.42. The second kappa shape index (κ2) is 4.71. The first-order valence-electron chi connectivity index (χ1n) is 9.11. The highest BCUT2D eigenvalue weighted by Crippen LogP contribution is 2.58. The van der Waals surface area contributed by atoms with Crippen LogP contribution in [-0.2, 0) is 0 Å². The number of rotatable bonds is 2. The predicted molar refractivity (Wildman–Crippen MR) is 83.8 cm³/mol. The highest BCUT2D eigenvalue weighted by Gasteiger charge is 2.54. The summed E-state index contributed by atoms with van der Waals surface area (Å²) in [5.74, 6) is 3.22. The van der Waals surface area contributed by atoms with E-state index in [9.17, 15) is 0 Å². The van der Waals surface area contributed by atoms with E-state index in [2.05, 4.69) is 24.1 Å². The summed E-state index contributed by atoms with van der Waals surface area (Å²) in [7, 11) is 0. The molecule has 1 N–H and O–H groups in total. The first-order valence-corrected chi connectivity index (χ1v) is 9.11. The van der Waals surface area contributed by atoms with E-state index in [0.717, 1.165) is 17.8 Å². The lowest BCUT2D eigenvalue weighted by molar-refractivity contribution is -0.0928. The Morgan fingerprint density at radius 2 is 1.65 bits per heavy atom. The van der Waals surface area contributed by atoms with Crippen LogP contribution in [0.15, 0.2) is 0 Å². The zero-order valence-corrected chi connectivity index (χ0v) is 13.5. The van der Waals surface area contributed by atoms with Crippen molar-refractivity contribution in [1.29, 1.82) is 0 Å². The SMILES string of the molecule is CCC1(C)CN(C23CC4CC(CC(C4)C2)C3)CCCN1. The smallest absolute Gasteiger partial charge is 0.0278 e. The highest BCUT2D eigenvalue weighted by molar-refractivity contribution is 5.09.